The number of anilines is 1. The zero-order chi connectivity index (χ0) is 26.0. The molecular formula is C25H16BrCl2FN2O5. The van der Waals surface area contributed by atoms with Crippen molar-refractivity contribution in [1.82, 2.24) is 5.32 Å². The second kappa shape index (κ2) is 10.7. The van der Waals surface area contributed by atoms with Gasteiger partial charge in [0.25, 0.3) is 11.8 Å². The molecule has 1 N–H and O–H groups in total. The highest BCUT2D eigenvalue weighted by atomic mass is 79.9. The minimum atomic E-state index is -0.978. The molecule has 11 heteroatoms. The number of hydrogen-bond acceptors (Lipinski definition) is 5. The van der Waals surface area contributed by atoms with Gasteiger partial charge in [0.2, 0.25) is 0 Å². The Balaban J connectivity index is 1.65. The molecule has 1 heterocycles. The monoisotopic (exact) mass is 592 g/mol. The van der Waals surface area contributed by atoms with E-state index in [9.17, 15) is 18.8 Å². The molecule has 4 rings (SSSR count). The molecule has 0 aromatic heterocycles. The molecule has 184 valence electrons. The van der Waals surface area contributed by atoms with Crippen LogP contribution in [0.25, 0.3) is 6.08 Å². The number of carbonyl (C=O) groups is 3. The molecule has 0 atom stereocenters. The largest absolute Gasteiger partial charge is 0.493 e. The van der Waals surface area contributed by atoms with Gasteiger partial charge in [-0.15, -0.1) is 0 Å². The third kappa shape index (κ3) is 5.38. The topological polar surface area (TPSA) is 84.9 Å². The van der Waals surface area contributed by atoms with Crippen molar-refractivity contribution in [3.63, 3.8) is 0 Å². The first-order valence-corrected chi connectivity index (χ1v) is 11.8. The molecule has 1 saturated heterocycles. The highest BCUT2D eigenvalue weighted by Crippen LogP contribution is 2.36. The Morgan fingerprint density at radius 2 is 1.83 bits per heavy atom. The molecule has 0 unspecified atom stereocenters. The average molecular weight is 594 g/mol. The molecular weight excluding hydrogens is 578 g/mol. The van der Waals surface area contributed by atoms with E-state index in [1.165, 1.54) is 31.4 Å². The minimum Gasteiger partial charge on any atom is -0.493 e. The fourth-order valence-corrected chi connectivity index (χ4v) is 4.29. The fraction of sp³-hybridized carbons (Fsp3) is 0.0800. The first-order valence-electron chi connectivity index (χ1n) is 10.3. The number of nitrogens with one attached hydrogen (secondary N) is 1. The number of hydrogen-bond donors (Lipinski definition) is 1. The maximum Gasteiger partial charge on any atom is 0.335 e. The van der Waals surface area contributed by atoms with Crippen molar-refractivity contribution in [2.24, 2.45) is 0 Å². The van der Waals surface area contributed by atoms with Crippen molar-refractivity contribution < 1.29 is 28.2 Å². The Bertz CT molecular complexity index is 1430. The second-order valence-corrected chi connectivity index (χ2v) is 9.18. The Kier molecular flexibility index (Phi) is 7.63. The van der Waals surface area contributed by atoms with Crippen LogP contribution in [0.15, 0.2) is 64.6 Å². The quantitative estimate of drug-likeness (QED) is 0.274. The number of urea groups is 1. The molecule has 0 spiro atoms. The van der Waals surface area contributed by atoms with Crippen molar-refractivity contribution in [2.45, 2.75) is 6.61 Å². The SMILES string of the molecule is COc1cc(/C=C2\C(=O)NC(=O)N(c3cccc(F)c3)C2=O)c(Br)cc1OCc1ccc(Cl)cc1Cl. The van der Waals surface area contributed by atoms with Crippen LogP contribution in [0, 0.1) is 5.82 Å². The van der Waals surface area contributed by atoms with Crippen LogP contribution in [0.4, 0.5) is 14.9 Å². The van der Waals surface area contributed by atoms with Crippen LogP contribution in [0.1, 0.15) is 11.1 Å². The van der Waals surface area contributed by atoms with Crippen LogP contribution < -0.4 is 19.7 Å². The zero-order valence-electron chi connectivity index (χ0n) is 18.5. The third-order valence-electron chi connectivity index (χ3n) is 5.15. The third-order valence-corrected chi connectivity index (χ3v) is 6.42. The number of imide groups is 2. The van der Waals surface area contributed by atoms with Crippen molar-refractivity contribution in [1.29, 1.82) is 0 Å². The first-order chi connectivity index (χ1) is 17.2. The van der Waals surface area contributed by atoms with Crippen LogP contribution in [0.3, 0.4) is 0 Å². The number of barbiturate groups is 1. The van der Waals surface area contributed by atoms with Crippen LogP contribution in [0.5, 0.6) is 11.5 Å². The van der Waals surface area contributed by atoms with E-state index in [2.05, 4.69) is 21.2 Å². The van der Waals surface area contributed by atoms with E-state index in [0.29, 0.717) is 42.0 Å². The summed E-state index contributed by atoms with van der Waals surface area (Å²) in [5.74, 6) is -1.75. The van der Waals surface area contributed by atoms with Gasteiger partial charge >= 0.3 is 6.03 Å². The van der Waals surface area contributed by atoms with Gasteiger partial charge in [-0.1, -0.05) is 51.3 Å². The lowest BCUT2D eigenvalue weighted by atomic mass is 10.1. The highest BCUT2D eigenvalue weighted by molar-refractivity contribution is 9.10. The molecule has 7 nitrogen and oxygen atoms in total. The normalized spacial score (nSPS) is 14.8. The number of ether oxygens (including phenoxy) is 2. The smallest absolute Gasteiger partial charge is 0.335 e. The van der Waals surface area contributed by atoms with E-state index in [1.54, 1.807) is 30.3 Å². The molecule has 0 bridgehead atoms. The molecule has 36 heavy (non-hydrogen) atoms. The van der Waals surface area contributed by atoms with Crippen molar-refractivity contribution in [3.8, 4) is 11.5 Å². The van der Waals surface area contributed by atoms with Gasteiger partial charge in [-0.3, -0.25) is 14.9 Å². The van der Waals surface area contributed by atoms with Gasteiger partial charge < -0.3 is 9.47 Å². The summed E-state index contributed by atoms with van der Waals surface area (Å²) >= 11 is 15.5. The molecule has 0 radical (unpaired) electrons. The summed E-state index contributed by atoms with van der Waals surface area (Å²) in [4.78, 5) is 38.6. The molecule has 0 aliphatic carbocycles. The molecule has 1 aliphatic rings. The summed E-state index contributed by atoms with van der Waals surface area (Å²) in [6.07, 6.45) is 1.29. The first kappa shape index (κ1) is 25.7. The van der Waals surface area contributed by atoms with E-state index < -0.39 is 23.7 Å². The van der Waals surface area contributed by atoms with Gasteiger partial charge in [-0.2, -0.15) is 0 Å². The Morgan fingerprint density at radius 3 is 2.53 bits per heavy atom. The predicted molar refractivity (Wildman–Crippen MR) is 137 cm³/mol. The molecule has 1 aliphatic heterocycles. The fourth-order valence-electron chi connectivity index (χ4n) is 3.39. The van der Waals surface area contributed by atoms with Crippen LogP contribution >= 0.6 is 39.1 Å². The van der Waals surface area contributed by atoms with Gasteiger partial charge in [-0.25, -0.2) is 14.1 Å². The van der Waals surface area contributed by atoms with Crippen molar-refractivity contribution in [3.05, 3.63) is 91.6 Å². The maximum atomic E-state index is 13.7. The van der Waals surface area contributed by atoms with Gasteiger partial charge in [0.1, 0.15) is 18.0 Å². The summed E-state index contributed by atoms with van der Waals surface area (Å²) in [6, 6.07) is 12.1. The predicted octanol–water partition coefficient (Wildman–Crippen LogP) is 6.15. The lowest BCUT2D eigenvalue weighted by Gasteiger charge is -2.26. The number of benzene rings is 3. The number of amides is 4. The Hall–Kier alpha value is -3.40. The average Bonchev–Trinajstić information content (AvgIpc) is 2.82. The Morgan fingerprint density at radius 1 is 1.06 bits per heavy atom. The summed E-state index contributed by atoms with van der Waals surface area (Å²) in [5.41, 5.74) is 0.758. The molecule has 1 fully saturated rings. The second-order valence-electron chi connectivity index (χ2n) is 7.49. The maximum absolute atomic E-state index is 13.7. The van der Waals surface area contributed by atoms with Crippen molar-refractivity contribution in [2.75, 3.05) is 12.0 Å². The summed E-state index contributed by atoms with van der Waals surface area (Å²) < 4.78 is 25.4. The van der Waals surface area contributed by atoms with Crippen LogP contribution in [0.2, 0.25) is 10.0 Å². The van der Waals surface area contributed by atoms with E-state index in [4.69, 9.17) is 32.7 Å². The van der Waals surface area contributed by atoms with Crippen molar-refractivity contribution >= 4 is 68.7 Å². The van der Waals surface area contributed by atoms with Gasteiger partial charge in [-0.05, 0) is 54.1 Å². The summed E-state index contributed by atoms with van der Waals surface area (Å²) in [5, 5.41) is 3.04. The number of rotatable bonds is 6. The number of methoxy groups -OCH3 is 1. The van der Waals surface area contributed by atoms with E-state index in [0.717, 1.165) is 6.07 Å². The number of halogens is 4. The molecule has 3 aromatic carbocycles. The number of carbonyl (C=O) groups excluding carboxylic acids is 3. The van der Waals surface area contributed by atoms with Gasteiger partial charge in [0, 0.05) is 20.1 Å². The molecule has 3 aromatic rings. The van der Waals surface area contributed by atoms with Crippen LogP contribution in [-0.2, 0) is 16.2 Å². The summed E-state index contributed by atoms with van der Waals surface area (Å²) in [6.45, 7) is 0.130. The highest BCUT2D eigenvalue weighted by Gasteiger charge is 2.37. The van der Waals surface area contributed by atoms with E-state index in [1.807, 2.05) is 0 Å². The Labute approximate surface area is 223 Å². The van der Waals surface area contributed by atoms with Gasteiger partial charge in [0.05, 0.1) is 12.8 Å². The van der Waals surface area contributed by atoms with E-state index in [-0.39, 0.29) is 17.9 Å². The summed E-state index contributed by atoms with van der Waals surface area (Å²) in [7, 11) is 1.44. The zero-order valence-corrected chi connectivity index (χ0v) is 21.6. The van der Waals surface area contributed by atoms with Gasteiger partial charge in [0.15, 0.2) is 11.5 Å². The molecule has 0 saturated carbocycles. The molecule has 4 amide bonds. The lowest BCUT2D eigenvalue weighted by Crippen LogP contribution is -2.54. The number of nitrogens with zero attached hydrogens (tertiary/aromatic N) is 1. The van der Waals surface area contributed by atoms with E-state index >= 15 is 0 Å². The lowest BCUT2D eigenvalue weighted by molar-refractivity contribution is -0.122. The standard InChI is InChI=1S/C25H16BrCl2FN2O5/c1-35-21-8-14(19(26)11-22(21)36-12-13-5-6-15(27)9-20(13)28)7-18-23(32)30-25(34)31(24(18)33)17-4-2-3-16(29)10-17/h2-11H,12H2,1H3,(H,30,32,34)/b18-7+. The van der Waals surface area contributed by atoms with Crippen LogP contribution in [-0.4, -0.2) is 25.0 Å². The minimum absolute atomic E-state index is 0.0165.